The zero-order valence-electron chi connectivity index (χ0n) is 10.2. The molecule has 2 nitrogen and oxygen atoms in total. The molecule has 2 rings (SSSR count). The number of amides is 1. The zero-order valence-corrected chi connectivity index (χ0v) is 10.2. The maximum atomic E-state index is 11.8. The Balaban J connectivity index is 1.96. The Morgan fingerprint density at radius 1 is 1.38 bits per heavy atom. The van der Waals surface area contributed by atoms with Crippen LogP contribution in [0, 0.1) is 17.3 Å². The van der Waals surface area contributed by atoms with Gasteiger partial charge in [-0.3, -0.25) is 4.79 Å². The number of carbonyl (C=O) groups excluding carboxylic acids is 1. The SMILES string of the molecule is CCCCCC[C@@]1(C(N)=O)CC2C=CC1C2. The van der Waals surface area contributed by atoms with Crippen molar-refractivity contribution in [3.8, 4) is 0 Å². The van der Waals surface area contributed by atoms with Crippen LogP contribution in [0.4, 0.5) is 0 Å². The van der Waals surface area contributed by atoms with Crippen LogP contribution in [0.3, 0.4) is 0 Å². The first-order chi connectivity index (χ1) is 7.69. The summed E-state index contributed by atoms with van der Waals surface area (Å²) in [7, 11) is 0. The topological polar surface area (TPSA) is 43.1 Å². The van der Waals surface area contributed by atoms with E-state index in [1.807, 2.05) is 0 Å². The smallest absolute Gasteiger partial charge is 0.224 e. The molecule has 0 aliphatic heterocycles. The maximum Gasteiger partial charge on any atom is 0.224 e. The quantitative estimate of drug-likeness (QED) is 0.543. The molecule has 2 unspecified atom stereocenters. The van der Waals surface area contributed by atoms with E-state index in [-0.39, 0.29) is 11.3 Å². The van der Waals surface area contributed by atoms with Crippen LogP contribution in [0.2, 0.25) is 0 Å². The Morgan fingerprint density at radius 2 is 2.19 bits per heavy atom. The molecule has 0 radical (unpaired) electrons. The van der Waals surface area contributed by atoms with Crippen molar-refractivity contribution < 1.29 is 4.79 Å². The Hall–Kier alpha value is -0.790. The van der Waals surface area contributed by atoms with E-state index in [4.69, 9.17) is 5.73 Å². The molecule has 0 spiro atoms. The number of fused-ring (bicyclic) bond motifs is 2. The van der Waals surface area contributed by atoms with Gasteiger partial charge in [-0.25, -0.2) is 0 Å². The molecule has 90 valence electrons. The summed E-state index contributed by atoms with van der Waals surface area (Å²) in [5.41, 5.74) is 5.47. The van der Waals surface area contributed by atoms with Gasteiger partial charge in [0, 0.05) is 0 Å². The van der Waals surface area contributed by atoms with Crippen LogP contribution in [-0.4, -0.2) is 5.91 Å². The van der Waals surface area contributed by atoms with Crippen molar-refractivity contribution in [2.24, 2.45) is 23.0 Å². The molecular formula is C14H23NO. The third-order valence-electron chi connectivity index (χ3n) is 4.48. The second kappa shape index (κ2) is 4.60. The zero-order chi connectivity index (χ0) is 11.6. The molecule has 2 bridgehead atoms. The molecule has 3 atom stereocenters. The standard InChI is InChI=1S/C14H23NO/c1-2-3-4-5-8-14(13(15)16)10-11-6-7-12(14)9-11/h6-7,11-12H,2-5,8-10H2,1H3,(H2,15,16)/t11?,12?,14-/m1/s1. The molecule has 0 aromatic rings. The molecule has 0 heterocycles. The van der Waals surface area contributed by atoms with Gasteiger partial charge in [-0.05, 0) is 31.1 Å². The Morgan fingerprint density at radius 3 is 2.69 bits per heavy atom. The average Bonchev–Trinajstić information content (AvgIpc) is 2.84. The van der Waals surface area contributed by atoms with Crippen molar-refractivity contribution in [2.75, 3.05) is 0 Å². The highest BCUT2D eigenvalue weighted by Crippen LogP contribution is 2.54. The summed E-state index contributed by atoms with van der Waals surface area (Å²) in [6.07, 6.45) is 12.6. The average molecular weight is 221 g/mol. The largest absolute Gasteiger partial charge is 0.369 e. The van der Waals surface area contributed by atoms with Gasteiger partial charge >= 0.3 is 0 Å². The summed E-state index contributed by atoms with van der Waals surface area (Å²) < 4.78 is 0. The third-order valence-corrected chi connectivity index (χ3v) is 4.48. The summed E-state index contributed by atoms with van der Waals surface area (Å²) in [6, 6.07) is 0. The minimum atomic E-state index is -0.187. The summed E-state index contributed by atoms with van der Waals surface area (Å²) in [6.45, 7) is 2.21. The van der Waals surface area contributed by atoms with Crippen LogP contribution in [0.5, 0.6) is 0 Å². The highest BCUT2D eigenvalue weighted by Gasteiger charge is 2.51. The van der Waals surface area contributed by atoms with Crippen molar-refractivity contribution in [1.29, 1.82) is 0 Å². The molecule has 2 heteroatoms. The van der Waals surface area contributed by atoms with Gasteiger partial charge in [0.25, 0.3) is 0 Å². The van der Waals surface area contributed by atoms with Crippen LogP contribution in [0.25, 0.3) is 0 Å². The second-order valence-corrected chi connectivity index (χ2v) is 5.52. The van der Waals surface area contributed by atoms with Gasteiger partial charge in [0.2, 0.25) is 5.91 Å². The first-order valence-corrected chi connectivity index (χ1v) is 6.67. The molecule has 1 fully saturated rings. The third kappa shape index (κ3) is 1.90. The lowest BCUT2D eigenvalue weighted by atomic mass is 9.71. The number of rotatable bonds is 6. The van der Waals surface area contributed by atoms with E-state index >= 15 is 0 Å². The van der Waals surface area contributed by atoms with Gasteiger partial charge in [0.15, 0.2) is 0 Å². The lowest BCUT2D eigenvalue weighted by Crippen LogP contribution is -2.40. The van der Waals surface area contributed by atoms with Crippen molar-refractivity contribution >= 4 is 5.91 Å². The van der Waals surface area contributed by atoms with Gasteiger partial charge in [-0.1, -0.05) is 44.8 Å². The highest BCUT2D eigenvalue weighted by atomic mass is 16.1. The number of nitrogens with two attached hydrogens (primary N) is 1. The molecule has 1 amide bonds. The van der Waals surface area contributed by atoms with Crippen LogP contribution in [0.1, 0.15) is 51.9 Å². The number of hydrogen-bond donors (Lipinski definition) is 1. The van der Waals surface area contributed by atoms with Crippen molar-refractivity contribution in [2.45, 2.75) is 51.9 Å². The molecule has 1 saturated carbocycles. The summed E-state index contributed by atoms with van der Waals surface area (Å²) in [5.74, 6) is 1.01. The van der Waals surface area contributed by atoms with E-state index in [2.05, 4.69) is 19.1 Å². The van der Waals surface area contributed by atoms with Gasteiger partial charge in [0.05, 0.1) is 5.41 Å². The first kappa shape index (κ1) is 11.7. The van der Waals surface area contributed by atoms with E-state index < -0.39 is 0 Å². The number of allylic oxidation sites excluding steroid dienone is 2. The fraction of sp³-hybridized carbons (Fsp3) is 0.786. The van der Waals surface area contributed by atoms with E-state index in [1.54, 1.807) is 0 Å². The highest BCUT2D eigenvalue weighted by molar-refractivity contribution is 5.82. The van der Waals surface area contributed by atoms with E-state index in [0.29, 0.717) is 11.8 Å². The normalized spacial score (nSPS) is 35.8. The van der Waals surface area contributed by atoms with Crippen LogP contribution in [0.15, 0.2) is 12.2 Å². The molecule has 2 aliphatic carbocycles. The van der Waals surface area contributed by atoms with Crippen molar-refractivity contribution in [1.82, 2.24) is 0 Å². The number of hydrogen-bond acceptors (Lipinski definition) is 1. The van der Waals surface area contributed by atoms with E-state index in [9.17, 15) is 4.79 Å². The fourth-order valence-corrected chi connectivity index (χ4v) is 3.52. The van der Waals surface area contributed by atoms with Gasteiger partial charge < -0.3 is 5.73 Å². The molecule has 0 saturated heterocycles. The summed E-state index contributed by atoms with van der Waals surface area (Å²) in [4.78, 5) is 11.8. The predicted molar refractivity (Wildman–Crippen MR) is 65.7 cm³/mol. The fourth-order valence-electron chi connectivity index (χ4n) is 3.52. The van der Waals surface area contributed by atoms with Crippen LogP contribution < -0.4 is 5.73 Å². The van der Waals surface area contributed by atoms with Crippen LogP contribution >= 0.6 is 0 Å². The Kier molecular flexibility index (Phi) is 3.36. The van der Waals surface area contributed by atoms with Gasteiger partial charge in [-0.15, -0.1) is 0 Å². The molecule has 16 heavy (non-hydrogen) atoms. The minimum Gasteiger partial charge on any atom is -0.369 e. The Bertz CT molecular complexity index is 297. The van der Waals surface area contributed by atoms with Gasteiger partial charge in [-0.2, -0.15) is 0 Å². The molecular weight excluding hydrogens is 198 g/mol. The Labute approximate surface area is 98.3 Å². The number of carbonyl (C=O) groups is 1. The van der Waals surface area contributed by atoms with E-state index in [0.717, 1.165) is 25.7 Å². The monoisotopic (exact) mass is 221 g/mol. The molecule has 0 aromatic heterocycles. The predicted octanol–water partition coefficient (Wildman–Crippen LogP) is 3.02. The van der Waals surface area contributed by atoms with Crippen molar-refractivity contribution in [3.05, 3.63) is 12.2 Å². The molecule has 2 N–H and O–H groups in total. The van der Waals surface area contributed by atoms with E-state index in [1.165, 1.54) is 19.3 Å². The maximum absolute atomic E-state index is 11.8. The minimum absolute atomic E-state index is 0.0548. The number of primary amides is 1. The van der Waals surface area contributed by atoms with Gasteiger partial charge in [0.1, 0.15) is 0 Å². The van der Waals surface area contributed by atoms with Crippen LogP contribution in [-0.2, 0) is 4.79 Å². The molecule has 2 aliphatic rings. The summed E-state index contributed by atoms with van der Waals surface area (Å²) in [5, 5.41) is 0. The lowest BCUT2D eigenvalue weighted by Gasteiger charge is -2.32. The van der Waals surface area contributed by atoms with Crippen molar-refractivity contribution in [3.63, 3.8) is 0 Å². The lowest BCUT2D eigenvalue weighted by molar-refractivity contribution is -0.129. The summed E-state index contributed by atoms with van der Waals surface area (Å²) >= 11 is 0. The second-order valence-electron chi connectivity index (χ2n) is 5.52. The number of unbranched alkanes of at least 4 members (excludes halogenated alkanes) is 3. The first-order valence-electron chi connectivity index (χ1n) is 6.67. The molecule has 0 aromatic carbocycles.